The number of nitrogens with zero attached hydrogens (tertiary/aromatic N) is 2. The van der Waals surface area contributed by atoms with E-state index < -0.39 is 53.6 Å². The lowest BCUT2D eigenvalue weighted by Crippen LogP contribution is -2.37. The van der Waals surface area contributed by atoms with E-state index in [1.165, 1.54) is 18.2 Å². The molecule has 1 fully saturated rings. The summed E-state index contributed by atoms with van der Waals surface area (Å²) in [4.78, 5) is 59.4. The summed E-state index contributed by atoms with van der Waals surface area (Å²) in [5.41, 5.74) is -0.0199. The van der Waals surface area contributed by atoms with E-state index in [-0.39, 0.29) is 11.4 Å². The van der Waals surface area contributed by atoms with Gasteiger partial charge in [-0.2, -0.15) is 0 Å². The van der Waals surface area contributed by atoms with Gasteiger partial charge >= 0.3 is 5.97 Å². The molecule has 10 heteroatoms. The predicted molar refractivity (Wildman–Crippen MR) is 94.8 cm³/mol. The molecule has 2 unspecified atom stereocenters. The predicted octanol–water partition coefficient (Wildman–Crippen LogP) is 1.03. The molecule has 1 N–H and O–H groups in total. The maximum Gasteiger partial charge on any atom is 0.326 e. The molecule has 1 aromatic carbocycles. The highest BCUT2D eigenvalue weighted by Gasteiger charge is 2.47. The molecule has 3 rings (SSSR count). The first-order valence-corrected chi connectivity index (χ1v) is 8.57. The van der Waals surface area contributed by atoms with Crippen molar-refractivity contribution in [3.8, 4) is 0 Å². The zero-order chi connectivity index (χ0) is 20.3. The fourth-order valence-corrected chi connectivity index (χ4v) is 3.24. The van der Waals surface area contributed by atoms with Gasteiger partial charge in [-0.15, -0.1) is 0 Å². The van der Waals surface area contributed by atoms with Crippen LogP contribution in [0, 0.1) is 22.0 Å². The smallest absolute Gasteiger partial charge is 0.326 e. The number of nitrogens with one attached hydrogen (secondary N) is 1. The van der Waals surface area contributed by atoms with Crippen LogP contribution in [0.15, 0.2) is 36.4 Å². The number of carbonyl (C=O) groups excluding carboxylic acids is 4. The molecular weight excluding hydrogens is 370 g/mol. The number of nitro benzene ring substituents is 1. The van der Waals surface area contributed by atoms with Gasteiger partial charge in [0.2, 0.25) is 11.8 Å². The zero-order valence-corrected chi connectivity index (χ0v) is 14.7. The molecular formula is C18H17N3O7. The van der Waals surface area contributed by atoms with E-state index in [0.717, 1.165) is 11.0 Å². The van der Waals surface area contributed by atoms with Gasteiger partial charge in [-0.05, 0) is 18.9 Å². The third-order valence-electron chi connectivity index (χ3n) is 4.59. The number of benzene rings is 1. The van der Waals surface area contributed by atoms with Crippen LogP contribution in [0.3, 0.4) is 0 Å². The second-order valence-corrected chi connectivity index (χ2v) is 6.43. The van der Waals surface area contributed by atoms with Crippen molar-refractivity contribution in [2.75, 3.05) is 18.5 Å². The van der Waals surface area contributed by atoms with Crippen molar-refractivity contribution in [1.29, 1.82) is 0 Å². The van der Waals surface area contributed by atoms with Crippen LogP contribution >= 0.6 is 0 Å². The van der Waals surface area contributed by atoms with Crippen LogP contribution in [0.2, 0.25) is 0 Å². The number of hydrogen-bond donors (Lipinski definition) is 1. The molecule has 10 nitrogen and oxygen atoms in total. The van der Waals surface area contributed by atoms with E-state index in [1.54, 1.807) is 0 Å². The van der Waals surface area contributed by atoms with Crippen LogP contribution in [0.1, 0.15) is 12.8 Å². The van der Waals surface area contributed by atoms with Crippen LogP contribution in [0.25, 0.3) is 0 Å². The second-order valence-electron chi connectivity index (χ2n) is 6.43. The van der Waals surface area contributed by atoms with Crippen LogP contribution in [-0.4, -0.2) is 46.7 Å². The maximum atomic E-state index is 12.3. The maximum absolute atomic E-state index is 12.3. The number of esters is 1. The van der Waals surface area contributed by atoms with Gasteiger partial charge in [0.05, 0.1) is 16.8 Å². The number of allylic oxidation sites excluding steroid dienone is 2. The first-order chi connectivity index (χ1) is 13.4. The molecule has 2 aliphatic rings. The quantitative estimate of drug-likeness (QED) is 0.253. The molecule has 1 saturated heterocycles. The molecule has 146 valence electrons. The average molecular weight is 387 g/mol. The second kappa shape index (κ2) is 7.99. The largest absolute Gasteiger partial charge is 0.454 e. The highest BCUT2D eigenvalue weighted by Crippen LogP contribution is 2.34. The molecule has 0 saturated carbocycles. The van der Waals surface area contributed by atoms with Gasteiger partial charge in [0.25, 0.3) is 11.6 Å². The van der Waals surface area contributed by atoms with E-state index in [1.807, 2.05) is 12.2 Å². The number of amides is 3. The normalized spacial score (nSPS) is 20.6. The summed E-state index contributed by atoms with van der Waals surface area (Å²) >= 11 is 0. The number of carbonyl (C=O) groups is 4. The average Bonchev–Trinajstić information content (AvgIpc) is 2.92. The Morgan fingerprint density at radius 1 is 1.18 bits per heavy atom. The molecule has 1 aliphatic carbocycles. The van der Waals surface area contributed by atoms with E-state index >= 15 is 0 Å². The summed E-state index contributed by atoms with van der Waals surface area (Å²) in [6, 6.07) is 5.28. The van der Waals surface area contributed by atoms with Gasteiger partial charge in [0.15, 0.2) is 6.61 Å². The zero-order valence-electron chi connectivity index (χ0n) is 14.7. The number of hydrogen-bond acceptors (Lipinski definition) is 7. The minimum atomic E-state index is -0.887. The molecule has 1 aromatic rings. The topological polar surface area (TPSA) is 136 Å². The number of nitro groups is 1. The lowest BCUT2D eigenvalue weighted by atomic mass is 9.85. The van der Waals surface area contributed by atoms with E-state index in [0.29, 0.717) is 12.8 Å². The fraction of sp³-hybridized carbons (Fsp3) is 0.333. The minimum absolute atomic E-state index is 0.178. The standard InChI is InChI=1S/C18H17N3O7/c22-15(19-11-4-3-5-12(8-11)21(26)27)10-28-16(23)9-20-17(24)13-6-1-2-7-14(13)18(20)25/h1-5,8,13-14H,6-7,9-10H2,(H,19,22). The monoisotopic (exact) mass is 387 g/mol. The first kappa shape index (κ1) is 19.2. The van der Waals surface area contributed by atoms with E-state index in [4.69, 9.17) is 4.74 Å². The number of imide groups is 1. The summed E-state index contributed by atoms with van der Waals surface area (Å²) in [5.74, 6) is -3.28. The van der Waals surface area contributed by atoms with Gasteiger partial charge in [0, 0.05) is 17.8 Å². The van der Waals surface area contributed by atoms with Crippen molar-refractivity contribution < 1.29 is 28.8 Å². The number of non-ortho nitro benzene ring substituents is 1. The summed E-state index contributed by atoms with van der Waals surface area (Å²) in [7, 11) is 0. The van der Waals surface area contributed by atoms with Gasteiger partial charge in [-0.3, -0.25) is 34.2 Å². The van der Waals surface area contributed by atoms with Crippen LogP contribution in [-0.2, 0) is 23.9 Å². The molecule has 2 atom stereocenters. The summed E-state index contributed by atoms with van der Waals surface area (Å²) in [6.07, 6.45) is 4.61. The van der Waals surface area contributed by atoms with Crippen molar-refractivity contribution in [3.05, 3.63) is 46.5 Å². The Hall–Kier alpha value is -3.56. The Balaban J connectivity index is 1.50. The van der Waals surface area contributed by atoms with Crippen molar-refractivity contribution in [3.63, 3.8) is 0 Å². The van der Waals surface area contributed by atoms with Crippen molar-refractivity contribution in [2.45, 2.75) is 12.8 Å². The fourth-order valence-electron chi connectivity index (χ4n) is 3.24. The summed E-state index contributed by atoms with van der Waals surface area (Å²) in [5, 5.41) is 13.1. The summed E-state index contributed by atoms with van der Waals surface area (Å²) in [6.45, 7) is -1.19. The number of ether oxygens (including phenoxy) is 1. The lowest BCUT2D eigenvalue weighted by Gasteiger charge is -2.14. The van der Waals surface area contributed by atoms with Crippen molar-refractivity contribution in [2.24, 2.45) is 11.8 Å². The van der Waals surface area contributed by atoms with Crippen molar-refractivity contribution in [1.82, 2.24) is 4.90 Å². The van der Waals surface area contributed by atoms with Gasteiger partial charge in [-0.25, -0.2) is 0 Å². The number of fused-ring (bicyclic) bond motifs is 1. The van der Waals surface area contributed by atoms with Gasteiger partial charge in [-0.1, -0.05) is 18.2 Å². The molecule has 28 heavy (non-hydrogen) atoms. The molecule has 1 aliphatic heterocycles. The minimum Gasteiger partial charge on any atom is -0.454 e. The Labute approximate surface area is 159 Å². The number of rotatable bonds is 6. The Morgan fingerprint density at radius 2 is 1.82 bits per heavy atom. The Kier molecular flexibility index (Phi) is 5.48. The van der Waals surface area contributed by atoms with Gasteiger partial charge in [0.1, 0.15) is 6.54 Å². The number of anilines is 1. The van der Waals surface area contributed by atoms with Crippen LogP contribution in [0.5, 0.6) is 0 Å². The van der Waals surface area contributed by atoms with Crippen LogP contribution < -0.4 is 5.32 Å². The molecule has 0 spiro atoms. The molecule has 0 aromatic heterocycles. The van der Waals surface area contributed by atoms with Gasteiger partial charge < -0.3 is 10.1 Å². The van der Waals surface area contributed by atoms with Crippen LogP contribution in [0.4, 0.5) is 11.4 Å². The molecule has 0 bridgehead atoms. The van der Waals surface area contributed by atoms with Crippen molar-refractivity contribution >= 4 is 35.1 Å². The SMILES string of the molecule is O=C(COC(=O)CN1C(=O)C2CC=CCC2C1=O)Nc1cccc([N+](=O)[O-])c1. The summed E-state index contributed by atoms with van der Waals surface area (Å²) < 4.78 is 4.82. The lowest BCUT2D eigenvalue weighted by molar-refractivity contribution is -0.384. The molecule has 0 radical (unpaired) electrons. The highest BCUT2D eigenvalue weighted by molar-refractivity contribution is 6.07. The molecule has 1 heterocycles. The highest BCUT2D eigenvalue weighted by atomic mass is 16.6. The Bertz CT molecular complexity index is 854. The third kappa shape index (κ3) is 4.05. The Morgan fingerprint density at radius 3 is 2.43 bits per heavy atom. The molecule has 3 amide bonds. The van der Waals surface area contributed by atoms with E-state index in [2.05, 4.69) is 5.32 Å². The number of likely N-dealkylation sites (tertiary alicyclic amines) is 1. The van der Waals surface area contributed by atoms with E-state index in [9.17, 15) is 29.3 Å². The third-order valence-corrected chi connectivity index (χ3v) is 4.59. The first-order valence-electron chi connectivity index (χ1n) is 8.57.